The molecule has 0 fully saturated rings. The average Bonchev–Trinajstić information content (AvgIpc) is 3.17. The van der Waals surface area contributed by atoms with Crippen molar-refractivity contribution in [3.8, 4) is 11.1 Å². The van der Waals surface area contributed by atoms with E-state index < -0.39 is 5.82 Å². The Labute approximate surface area is 191 Å². The van der Waals surface area contributed by atoms with E-state index in [0.717, 1.165) is 11.5 Å². The van der Waals surface area contributed by atoms with Gasteiger partial charge in [0.05, 0.1) is 17.0 Å². The van der Waals surface area contributed by atoms with Gasteiger partial charge >= 0.3 is 0 Å². The second-order valence-electron chi connectivity index (χ2n) is 7.74. The number of aliphatic imine (C=N–C) groups is 2. The molecule has 1 atom stereocenters. The summed E-state index contributed by atoms with van der Waals surface area (Å²) in [6.45, 7) is 9.38. The van der Waals surface area contributed by atoms with Crippen molar-refractivity contribution in [2.24, 2.45) is 9.98 Å². The van der Waals surface area contributed by atoms with Crippen LogP contribution in [0.5, 0.6) is 0 Å². The predicted molar refractivity (Wildman–Crippen MR) is 131 cm³/mol. The molecule has 0 saturated carbocycles. The van der Waals surface area contributed by atoms with Gasteiger partial charge in [-0.2, -0.15) is 0 Å². The van der Waals surface area contributed by atoms with Crippen molar-refractivity contribution in [3.63, 3.8) is 0 Å². The maximum absolute atomic E-state index is 14.1. The number of allylic oxidation sites excluding steroid dienone is 1. The predicted octanol–water partition coefficient (Wildman–Crippen LogP) is 5.43. The fourth-order valence-corrected chi connectivity index (χ4v) is 3.93. The Balaban J connectivity index is 1.89. The third-order valence-corrected chi connectivity index (χ3v) is 5.43. The minimum absolute atomic E-state index is 0.201. The van der Waals surface area contributed by atoms with Crippen molar-refractivity contribution in [3.05, 3.63) is 94.5 Å². The molecule has 33 heavy (non-hydrogen) atoms. The topological polar surface area (TPSA) is 79.0 Å². The van der Waals surface area contributed by atoms with Crippen molar-refractivity contribution in [2.75, 3.05) is 0 Å². The minimum Gasteiger partial charge on any atom is -0.458 e. The number of benzene rings is 2. The molecule has 2 N–H and O–H groups in total. The lowest BCUT2D eigenvalue weighted by Gasteiger charge is -2.21. The Bertz CT molecular complexity index is 1380. The molecule has 0 amide bonds. The van der Waals surface area contributed by atoms with Crippen molar-refractivity contribution < 1.29 is 8.81 Å². The Morgan fingerprint density at radius 3 is 2.82 bits per heavy atom. The van der Waals surface area contributed by atoms with Crippen LogP contribution >= 0.6 is 0 Å². The molecule has 2 aromatic carbocycles. The van der Waals surface area contributed by atoms with Crippen LogP contribution in [0.4, 0.5) is 4.39 Å². The molecule has 1 aliphatic rings. The van der Waals surface area contributed by atoms with Gasteiger partial charge in [0.2, 0.25) is 5.43 Å². The van der Waals surface area contributed by atoms with E-state index in [1.807, 2.05) is 26.8 Å². The van der Waals surface area contributed by atoms with Gasteiger partial charge in [-0.1, -0.05) is 37.8 Å². The molecule has 1 aromatic heterocycles. The van der Waals surface area contributed by atoms with E-state index in [9.17, 15) is 9.18 Å². The number of nitrogens with zero attached hydrogens (tertiary/aromatic N) is 2. The summed E-state index contributed by atoms with van der Waals surface area (Å²) in [7, 11) is 0. The van der Waals surface area contributed by atoms with E-state index in [0.29, 0.717) is 45.8 Å². The molecule has 4 rings (SSSR count). The molecule has 2 heterocycles. The van der Waals surface area contributed by atoms with Gasteiger partial charge < -0.3 is 15.1 Å². The number of amidine groups is 2. The zero-order chi connectivity index (χ0) is 23.5. The van der Waals surface area contributed by atoms with Gasteiger partial charge in [0.15, 0.2) is 5.84 Å². The van der Waals surface area contributed by atoms with Crippen LogP contribution in [0.2, 0.25) is 0 Å². The van der Waals surface area contributed by atoms with E-state index in [-0.39, 0.29) is 11.5 Å². The lowest BCUT2D eigenvalue weighted by Crippen LogP contribution is -2.26. The number of halogens is 1. The average molecular weight is 445 g/mol. The first-order valence-electron chi connectivity index (χ1n) is 10.7. The first-order chi connectivity index (χ1) is 15.9. The number of nitrogens with one attached hydrogen (secondary N) is 2. The maximum Gasteiger partial charge on any atom is 0.200 e. The Hall–Kier alpha value is -4.00. The molecule has 6 nitrogen and oxygen atoms in total. The van der Waals surface area contributed by atoms with Gasteiger partial charge in [-0.25, -0.2) is 14.4 Å². The number of para-hydroxylation sites is 1. The SMILES string of the molecule is C=C/N=C1/NC(C)=N/C1=C(/C)N[C@@H](CC)c1oc2ccccc2c(=O)c1-c1cccc(F)c1. The van der Waals surface area contributed by atoms with Gasteiger partial charge in [0.1, 0.15) is 28.7 Å². The molecule has 0 saturated heterocycles. The van der Waals surface area contributed by atoms with Crippen LogP contribution in [-0.4, -0.2) is 11.7 Å². The summed E-state index contributed by atoms with van der Waals surface area (Å²) in [6.07, 6.45) is 2.06. The summed E-state index contributed by atoms with van der Waals surface area (Å²) >= 11 is 0. The summed E-state index contributed by atoms with van der Waals surface area (Å²) in [4.78, 5) is 22.3. The molecule has 1 aliphatic heterocycles. The Morgan fingerprint density at radius 2 is 2.09 bits per heavy atom. The molecule has 0 aliphatic carbocycles. The quantitative estimate of drug-likeness (QED) is 0.531. The molecule has 3 aromatic rings. The first kappa shape index (κ1) is 22.2. The van der Waals surface area contributed by atoms with Crippen molar-refractivity contribution >= 4 is 22.6 Å². The molecular formula is C26H25FN4O2. The van der Waals surface area contributed by atoms with Crippen LogP contribution in [0.1, 0.15) is 39.0 Å². The van der Waals surface area contributed by atoms with Crippen LogP contribution in [-0.2, 0) is 0 Å². The van der Waals surface area contributed by atoms with Gasteiger partial charge in [0, 0.05) is 11.9 Å². The largest absolute Gasteiger partial charge is 0.458 e. The normalized spacial score (nSPS) is 17.0. The van der Waals surface area contributed by atoms with E-state index in [1.54, 1.807) is 30.3 Å². The highest BCUT2D eigenvalue weighted by molar-refractivity contribution is 6.14. The van der Waals surface area contributed by atoms with Gasteiger partial charge in [-0.3, -0.25) is 4.79 Å². The zero-order valence-corrected chi connectivity index (χ0v) is 18.8. The highest BCUT2D eigenvalue weighted by Gasteiger charge is 2.25. The smallest absolute Gasteiger partial charge is 0.200 e. The van der Waals surface area contributed by atoms with Crippen molar-refractivity contribution in [1.82, 2.24) is 10.6 Å². The van der Waals surface area contributed by atoms with Crippen LogP contribution in [0.15, 0.2) is 91.9 Å². The van der Waals surface area contributed by atoms with E-state index in [2.05, 4.69) is 27.2 Å². The molecule has 7 heteroatoms. The second-order valence-corrected chi connectivity index (χ2v) is 7.74. The standard InChI is InChI=1S/C26H25FN4O2/c1-5-20(29-15(3)23-26(28-6-2)31-16(4)30-23)25-22(17-10-9-11-18(27)14-17)24(32)19-12-7-8-13-21(19)33-25/h6-14,20,29H,2,5H2,1,3-4H3,(H,28,30,31)/b23-15-/t20-/m0/s1. The zero-order valence-electron chi connectivity index (χ0n) is 18.8. The fraction of sp³-hybridized carbons (Fsp3) is 0.192. The highest BCUT2D eigenvalue weighted by atomic mass is 19.1. The number of hydrogen-bond acceptors (Lipinski definition) is 5. The third-order valence-electron chi connectivity index (χ3n) is 5.43. The molecule has 0 unspecified atom stereocenters. The van der Waals surface area contributed by atoms with E-state index in [1.165, 1.54) is 18.3 Å². The van der Waals surface area contributed by atoms with Gasteiger partial charge in [-0.15, -0.1) is 0 Å². The van der Waals surface area contributed by atoms with Crippen LogP contribution in [0.25, 0.3) is 22.1 Å². The summed E-state index contributed by atoms with van der Waals surface area (Å²) < 4.78 is 20.4. The molecule has 0 spiro atoms. The van der Waals surface area contributed by atoms with E-state index in [4.69, 9.17) is 4.42 Å². The van der Waals surface area contributed by atoms with Crippen LogP contribution in [0.3, 0.4) is 0 Å². The molecular weight excluding hydrogens is 419 g/mol. The first-order valence-corrected chi connectivity index (χ1v) is 10.7. The third kappa shape index (κ3) is 4.35. The molecule has 168 valence electrons. The number of hydrogen-bond donors (Lipinski definition) is 2. The highest BCUT2D eigenvalue weighted by Crippen LogP contribution is 2.32. The number of fused-ring (bicyclic) bond motifs is 1. The Kier molecular flexibility index (Phi) is 6.22. The minimum atomic E-state index is -0.419. The summed E-state index contributed by atoms with van der Waals surface area (Å²) in [5.41, 5.74) is 2.51. The van der Waals surface area contributed by atoms with Crippen LogP contribution < -0.4 is 16.1 Å². The van der Waals surface area contributed by atoms with Gasteiger partial charge in [-0.05, 0) is 50.1 Å². The van der Waals surface area contributed by atoms with Crippen molar-refractivity contribution in [2.45, 2.75) is 33.2 Å². The van der Waals surface area contributed by atoms with Crippen molar-refractivity contribution in [1.29, 1.82) is 0 Å². The maximum atomic E-state index is 14.1. The Morgan fingerprint density at radius 1 is 1.30 bits per heavy atom. The summed E-state index contributed by atoms with van der Waals surface area (Å²) in [6, 6.07) is 12.7. The lowest BCUT2D eigenvalue weighted by molar-refractivity contribution is 0.439. The lowest BCUT2D eigenvalue weighted by atomic mass is 9.97. The van der Waals surface area contributed by atoms with Crippen LogP contribution in [0, 0.1) is 5.82 Å². The van der Waals surface area contributed by atoms with E-state index >= 15 is 0 Å². The monoisotopic (exact) mass is 444 g/mol. The fourth-order valence-electron chi connectivity index (χ4n) is 3.93. The summed E-state index contributed by atoms with van der Waals surface area (Å²) in [5, 5.41) is 7.00. The second kappa shape index (κ2) is 9.24. The van der Waals surface area contributed by atoms with Gasteiger partial charge in [0.25, 0.3) is 0 Å². The molecule has 0 radical (unpaired) electrons. The molecule has 0 bridgehead atoms. The number of rotatable bonds is 6. The summed E-state index contributed by atoms with van der Waals surface area (Å²) in [5.74, 6) is 1.34.